The number of unbranched alkanes of at least 4 members (excludes halogenated alkanes) is 1. The van der Waals surface area contributed by atoms with Gasteiger partial charge in [0.2, 0.25) is 0 Å². The minimum Gasteiger partial charge on any atom is -0.462 e. The standard InChI is InChI=1S/C21H33FO4/c1-3-4-7-17(22)18(26-21-8-5-6-11-24-21)10-9-15-14(2)12-19-16(15)13-20(23)25-19/h9-10,14-19,21H,3-8,11-13H2,1-2H3/t14-,15+,16-,17-,18-,19+,21?/m1/s1. The number of halogens is 1. The van der Waals surface area contributed by atoms with Crippen LogP contribution in [0, 0.1) is 17.8 Å². The summed E-state index contributed by atoms with van der Waals surface area (Å²) in [5.41, 5.74) is 0. The monoisotopic (exact) mass is 368 g/mol. The summed E-state index contributed by atoms with van der Waals surface area (Å²) in [6.07, 6.45) is 8.78. The van der Waals surface area contributed by atoms with Gasteiger partial charge in [0.15, 0.2) is 6.29 Å². The molecule has 2 aliphatic heterocycles. The number of carbonyl (C=O) groups is 1. The molecule has 148 valence electrons. The second-order valence-corrected chi connectivity index (χ2v) is 8.13. The molecule has 2 saturated heterocycles. The van der Waals surface area contributed by atoms with Crippen molar-refractivity contribution < 1.29 is 23.4 Å². The third-order valence-corrected chi connectivity index (χ3v) is 6.08. The molecule has 1 saturated carbocycles. The van der Waals surface area contributed by atoms with E-state index in [0.29, 0.717) is 25.4 Å². The minimum atomic E-state index is -1.02. The van der Waals surface area contributed by atoms with Crippen molar-refractivity contribution in [2.45, 2.75) is 89.9 Å². The van der Waals surface area contributed by atoms with Crippen molar-refractivity contribution in [2.75, 3.05) is 6.61 Å². The van der Waals surface area contributed by atoms with Gasteiger partial charge < -0.3 is 14.2 Å². The van der Waals surface area contributed by atoms with Crippen molar-refractivity contribution in [3.05, 3.63) is 12.2 Å². The van der Waals surface area contributed by atoms with Crippen molar-refractivity contribution in [2.24, 2.45) is 17.8 Å². The van der Waals surface area contributed by atoms with Gasteiger partial charge in [-0.3, -0.25) is 4.79 Å². The fourth-order valence-electron chi connectivity index (χ4n) is 4.56. The van der Waals surface area contributed by atoms with Crippen molar-refractivity contribution in [1.29, 1.82) is 0 Å². The Bertz CT molecular complexity index is 488. The lowest BCUT2D eigenvalue weighted by Gasteiger charge is -2.28. The van der Waals surface area contributed by atoms with Crippen LogP contribution >= 0.6 is 0 Å². The van der Waals surface area contributed by atoms with Crippen LogP contribution in [0.4, 0.5) is 4.39 Å². The van der Waals surface area contributed by atoms with E-state index < -0.39 is 12.3 Å². The molecule has 3 rings (SSSR count). The maximum atomic E-state index is 14.8. The van der Waals surface area contributed by atoms with Gasteiger partial charge in [0.1, 0.15) is 18.4 Å². The lowest BCUT2D eigenvalue weighted by molar-refractivity contribution is -0.189. The summed E-state index contributed by atoms with van der Waals surface area (Å²) in [6, 6.07) is 0. The van der Waals surface area contributed by atoms with Crippen molar-refractivity contribution in [1.82, 2.24) is 0 Å². The van der Waals surface area contributed by atoms with Gasteiger partial charge in [0.25, 0.3) is 0 Å². The molecule has 0 radical (unpaired) electrons. The fraction of sp³-hybridized carbons (Fsp3) is 0.857. The molecule has 0 amide bonds. The van der Waals surface area contributed by atoms with Gasteiger partial charge in [-0.25, -0.2) is 4.39 Å². The average Bonchev–Trinajstić information content (AvgIpc) is 3.12. The Morgan fingerprint density at radius 1 is 1.38 bits per heavy atom. The van der Waals surface area contributed by atoms with Crippen LogP contribution < -0.4 is 0 Å². The molecule has 0 N–H and O–H groups in total. The molecule has 0 aromatic heterocycles. The van der Waals surface area contributed by atoms with Crippen LogP contribution in [0.15, 0.2) is 12.2 Å². The molecule has 3 aliphatic rings. The number of alkyl halides is 1. The van der Waals surface area contributed by atoms with Gasteiger partial charge in [-0.1, -0.05) is 38.8 Å². The molecule has 2 heterocycles. The van der Waals surface area contributed by atoms with Crippen LogP contribution in [-0.4, -0.2) is 37.2 Å². The smallest absolute Gasteiger partial charge is 0.306 e. The Morgan fingerprint density at radius 2 is 2.23 bits per heavy atom. The number of hydrogen-bond acceptors (Lipinski definition) is 4. The summed E-state index contributed by atoms with van der Waals surface area (Å²) < 4.78 is 31.9. The third kappa shape index (κ3) is 4.86. The number of esters is 1. The van der Waals surface area contributed by atoms with Crippen LogP contribution in [0.2, 0.25) is 0 Å². The summed E-state index contributed by atoms with van der Waals surface area (Å²) in [5.74, 6) is 0.826. The molecule has 0 spiro atoms. The maximum Gasteiger partial charge on any atom is 0.306 e. The van der Waals surface area contributed by atoms with E-state index in [1.807, 2.05) is 6.08 Å². The van der Waals surface area contributed by atoms with Crippen LogP contribution in [0.5, 0.6) is 0 Å². The van der Waals surface area contributed by atoms with E-state index in [2.05, 4.69) is 19.9 Å². The first-order chi connectivity index (χ1) is 12.6. The topological polar surface area (TPSA) is 44.8 Å². The lowest BCUT2D eigenvalue weighted by atomic mass is 9.87. The first kappa shape index (κ1) is 19.8. The summed E-state index contributed by atoms with van der Waals surface area (Å²) in [4.78, 5) is 11.6. The predicted octanol–water partition coefficient (Wildman–Crippen LogP) is 4.57. The molecule has 1 aliphatic carbocycles. The van der Waals surface area contributed by atoms with E-state index in [1.165, 1.54) is 0 Å². The lowest BCUT2D eigenvalue weighted by Crippen LogP contribution is -2.32. The first-order valence-corrected chi connectivity index (χ1v) is 10.4. The molecule has 3 fully saturated rings. The van der Waals surface area contributed by atoms with E-state index in [-0.39, 0.29) is 30.2 Å². The Hall–Kier alpha value is -0.940. The molecule has 4 nitrogen and oxygen atoms in total. The maximum absolute atomic E-state index is 14.8. The Balaban J connectivity index is 1.65. The number of allylic oxidation sites excluding steroid dienone is 1. The van der Waals surface area contributed by atoms with Gasteiger partial charge >= 0.3 is 5.97 Å². The van der Waals surface area contributed by atoms with Gasteiger partial charge in [-0.15, -0.1) is 0 Å². The molecule has 5 heteroatoms. The van der Waals surface area contributed by atoms with Crippen molar-refractivity contribution in [3.63, 3.8) is 0 Å². The molecule has 1 unspecified atom stereocenters. The highest BCUT2D eigenvalue weighted by Crippen LogP contribution is 2.45. The Kier molecular flexibility index (Phi) is 7.10. The zero-order chi connectivity index (χ0) is 18.5. The van der Waals surface area contributed by atoms with Crippen LogP contribution in [0.3, 0.4) is 0 Å². The number of hydrogen-bond donors (Lipinski definition) is 0. The highest BCUT2D eigenvalue weighted by molar-refractivity contribution is 5.72. The molecule has 0 aromatic rings. The Labute approximate surface area is 156 Å². The van der Waals surface area contributed by atoms with E-state index in [1.54, 1.807) is 0 Å². The minimum absolute atomic E-state index is 0.0365. The molecular formula is C21H33FO4. The zero-order valence-electron chi connectivity index (χ0n) is 16.1. The largest absolute Gasteiger partial charge is 0.462 e. The average molecular weight is 368 g/mol. The number of carbonyl (C=O) groups excluding carboxylic acids is 1. The summed E-state index contributed by atoms with van der Waals surface area (Å²) in [5, 5.41) is 0. The second kappa shape index (κ2) is 9.32. The SMILES string of the molecule is CCCC[C@@H](F)[C@@H](C=C[C@@H]1[C@H]2CC(=O)O[C@H]2C[C@H]1C)OC1CCCCO1. The number of ether oxygens (including phenoxy) is 3. The van der Waals surface area contributed by atoms with E-state index in [0.717, 1.165) is 38.5 Å². The highest BCUT2D eigenvalue weighted by atomic mass is 19.1. The van der Waals surface area contributed by atoms with Gasteiger partial charge in [-0.2, -0.15) is 0 Å². The van der Waals surface area contributed by atoms with Gasteiger partial charge in [-0.05, 0) is 43.9 Å². The summed E-state index contributed by atoms with van der Waals surface area (Å²) >= 11 is 0. The third-order valence-electron chi connectivity index (χ3n) is 6.08. The normalized spacial score (nSPS) is 36.9. The van der Waals surface area contributed by atoms with E-state index >= 15 is 0 Å². The van der Waals surface area contributed by atoms with E-state index in [4.69, 9.17) is 14.2 Å². The Morgan fingerprint density at radius 3 is 2.96 bits per heavy atom. The first-order valence-electron chi connectivity index (χ1n) is 10.4. The quantitative estimate of drug-likeness (QED) is 0.465. The highest BCUT2D eigenvalue weighted by Gasteiger charge is 2.47. The molecule has 7 atom stereocenters. The van der Waals surface area contributed by atoms with Crippen molar-refractivity contribution in [3.8, 4) is 0 Å². The molecule has 0 aromatic carbocycles. The predicted molar refractivity (Wildman–Crippen MR) is 97.3 cm³/mol. The van der Waals surface area contributed by atoms with Crippen LogP contribution in [0.25, 0.3) is 0 Å². The fourth-order valence-corrected chi connectivity index (χ4v) is 4.56. The summed E-state index contributed by atoms with van der Waals surface area (Å²) in [7, 11) is 0. The van der Waals surface area contributed by atoms with E-state index in [9.17, 15) is 9.18 Å². The van der Waals surface area contributed by atoms with Gasteiger partial charge in [0, 0.05) is 12.5 Å². The zero-order valence-corrected chi connectivity index (χ0v) is 16.1. The van der Waals surface area contributed by atoms with Crippen LogP contribution in [0.1, 0.15) is 65.2 Å². The molecule has 0 bridgehead atoms. The van der Waals surface area contributed by atoms with Crippen molar-refractivity contribution >= 4 is 5.97 Å². The number of rotatable bonds is 8. The van der Waals surface area contributed by atoms with Gasteiger partial charge in [0.05, 0.1) is 6.42 Å². The number of fused-ring (bicyclic) bond motifs is 1. The molecular weight excluding hydrogens is 335 g/mol. The van der Waals surface area contributed by atoms with Crippen LogP contribution in [-0.2, 0) is 19.0 Å². The second-order valence-electron chi connectivity index (χ2n) is 8.13. The summed E-state index contributed by atoms with van der Waals surface area (Å²) in [6.45, 7) is 4.95. The molecule has 26 heavy (non-hydrogen) atoms.